The molecule has 1 aliphatic rings. The largest absolute Gasteiger partial charge is 0.377 e. The van der Waals surface area contributed by atoms with Crippen molar-refractivity contribution in [3.8, 4) is 0 Å². The highest BCUT2D eigenvalue weighted by molar-refractivity contribution is 7.89. The Morgan fingerprint density at radius 3 is 3.00 bits per heavy atom. The molecule has 1 aromatic heterocycles. The average molecular weight is 308 g/mol. The average Bonchev–Trinajstić information content (AvgIpc) is 3.08. The zero-order chi connectivity index (χ0) is 14.7. The van der Waals surface area contributed by atoms with Gasteiger partial charge in [0, 0.05) is 30.3 Å². The van der Waals surface area contributed by atoms with E-state index in [1.165, 1.54) is 0 Å². The van der Waals surface area contributed by atoms with Crippen molar-refractivity contribution in [3.63, 3.8) is 0 Å². The molecule has 1 saturated heterocycles. The maximum Gasteiger partial charge on any atom is 0.214 e. The molecule has 5 nitrogen and oxygen atoms in total. The Kier molecular flexibility index (Phi) is 4.28. The number of para-hydroxylation sites is 1. The maximum absolute atomic E-state index is 12.0. The van der Waals surface area contributed by atoms with Gasteiger partial charge in [0.1, 0.15) is 0 Å². The normalized spacial score (nSPS) is 19.3. The van der Waals surface area contributed by atoms with E-state index in [9.17, 15) is 8.42 Å². The summed E-state index contributed by atoms with van der Waals surface area (Å²) < 4.78 is 32.0. The second-order valence-corrected chi connectivity index (χ2v) is 7.27. The predicted molar refractivity (Wildman–Crippen MR) is 82.8 cm³/mol. The van der Waals surface area contributed by atoms with Crippen LogP contribution in [-0.2, 0) is 21.2 Å². The van der Waals surface area contributed by atoms with Gasteiger partial charge in [0.25, 0.3) is 0 Å². The quantitative estimate of drug-likeness (QED) is 0.855. The summed E-state index contributed by atoms with van der Waals surface area (Å²) in [5.41, 5.74) is 2.21. The highest BCUT2D eigenvalue weighted by Gasteiger charge is 2.22. The summed E-state index contributed by atoms with van der Waals surface area (Å²) in [5.74, 6) is 0.0703. The Morgan fingerprint density at radius 2 is 2.19 bits per heavy atom. The summed E-state index contributed by atoms with van der Waals surface area (Å²) in [6, 6.07) is 8.02. The number of sulfonamides is 1. The number of nitrogens with one attached hydrogen (secondary N) is 2. The van der Waals surface area contributed by atoms with Gasteiger partial charge >= 0.3 is 0 Å². The molecule has 6 heteroatoms. The SMILES string of the molecule is O=S(=O)(CC1CCCO1)NCCc1c[nH]c2ccccc12. The second kappa shape index (κ2) is 6.17. The first-order chi connectivity index (χ1) is 10.1. The van der Waals surface area contributed by atoms with Crippen LogP contribution in [-0.4, -0.2) is 38.4 Å². The molecule has 0 amide bonds. The van der Waals surface area contributed by atoms with Gasteiger partial charge in [0.15, 0.2) is 0 Å². The van der Waals surface area contributed by atoms with E-state index in [0.29, 0.717) is 19.6 Å². The molecule has 2 N–H and O–H groups in total. The maximum atomic E-state index is 12.0. The molecular weight excluding hydrogens is 288 g/mol. The Morgan fingerprint density at radius 1 is 1.33 bits per heavy atom. The van der Waals surface area contributed by atoms with E-state index >= 15 is 0 Å². The molecule has 0 saturated carbocycles. The topological polar surface area (TPSA) is 71.2 Å². The van der Waals surface area contributed by atoms with E-state index in [2.05, 4.69) is 9.71 Å². The molecule has 1 aromatic carbocycles. The minimum absolute atomic E-state index is 0.0703. The number of fused-ring (bicyclic) bond motifs is 1. The van der Waals surface area contributed by atoms with Crippen molar-refractivity contribution in [1.29, 1.82) is 0 Å². The van der Waals surface area contributed by atoms with Crippen LogP contribution >= 0.6 is 0 Å². The zero-order valence-electron chi connectivity index (χ0n) is 11.8. The van der Waals surface area contributed by atoms with Gasteiger partial charge in [-0.3, -0.25) is 0 Å². The van der Waals surface area contributed by atoms with Crippen LogP contribution in [0.2, 0.25) is 0 Å². The van der Waals surface area contributed by atoms with Crippen molar-refractivity contribution in [3.05, 3.63) is 36.0 Å². The van der Waals surface area contributed by atoms with E-state index in [0.717, 1.165) is 29.3 Å². The minimum Gasteiger partial charge on any atom is -0.377 e. The summed E-state index contributed by atoms with van der Waals surface area (Å²) in [7, 11) is -3.26. The molecule has 0 radical (unpaired) electrons. The highest BCUT2D eigenvalue weighted by Crippen LogP contribution is 2.18. The highest BCUT2D eigenvalue weighted by atomic mass is 32.2. The number of aromatic amines is 1. The zero-order valence-corrected chi connectivity index (χ0v) is 12.7. The van der Waals surface area contributed by atoms with Crippen molar-refractivity contribution in [2.75, 3.05) is 18.9 Å². The molecule has 1 fully saturated rings. The van der Waals surface area contributed by atoms with Gasteiger partial charge in [0.2, 0.25) is 10.0 Å². The lowest BCUT2D eigenvalue weighted by Gasteiger charge is -2.11. The Hall–Kier alpha value is -1.37. The third-order valence-corrected chi connectivity index (χ3v) is 5.28. The number of hydrogen-bond acceptors (Lipinski definition) is 3. The summed E-state index contributed by atoms with van der Waals surface area (Å²) in [6.45, 7) is 1.09. The Labute approximate surface area is 124 Å². The molecule has 2 heterocycles. The number of hydrogen-bond donors (Lipinski definition) is 2. The monoisotopic (exact) mass is 308 g/mol. The molecule has 3 rings (SSSR count). The van der Waals surface area contributed by atoms with Crippen LogP contribution in [0.1, 0.15) is 18.4 Å². The number of aromatic nitrogens is 1. The third kappa shape index (κ3) is 3.64. The second-order valence-electron chi connectivity index (χ2n) is 5.42. The van der Waals surface area contributed by atoms with E-state index in [1.807, 2.05) is 30.5 Å². The van der Waals surface area contributed by atoms with Crippen LogP contribution in [0.3, 0.4) is 0 Å². The number of benzene rings is 1. The van der Waals surface area contributed by atoms with Crippen LogP contribution in [0.5, 0.6) is 0 Å². The number of rotatable bonds is 6. The van der Waals surface area contributed by atoms with E-state index in [-0.39, 0.29) is 11.9 Å². The van der Waals surface area contributed by atoms with Crippen LogP contribution in [0.4, 0.5) is 0 Å². The molecule has 1 atom stereocenters. The van der Waals surface area contributed by atoms with Gasteiger partial charge in [-0.05, 0) is 30.9 Å². The first kappa shape index (κ1) is 14.6. The van der Waals surface area contributed by atoms with Gasteiger partial charge in [-0.1, -0.05) is 18.2 Å². The molecule has 21 heavy (non-hydrogen) atoms. The van der Waals surface area contributed by atoms with Crippen molar-refractivity contribution >= 4 is 20.9 Å². The first-order valence-corrected chi connectivity index (χ1v) is 8.93. The molecule has 2 aromatic rings. The summed E-state index contributed by atoms with van der Waals surface area (Å²) in [4.78, 5) is 3.20. The fourth-order valence-corrected chi connectivity index (χ4v) is 4.04. The smallest absolute Gasteiger partial charge is 0.214 e. The molecule has 0 aliphatic carbocycles. The lowest BCUT2D eigenvalue weighted by Crippen LogP contribution is -2.33. The van der Waals surface area contributed by atoms with Crippen molar-refractivity contribution < 1.29 is 13.2 Å². The number of ether oxygens (including phenoxy) is 1. The van der Waals surface area contributed by atoms with Crippen LogP contribution in [0, 0.1) is 0 Å². The fraction of sp³-hybridized carbons (Fsp3) is 0.467. The Balaban J connectivity index is 1.55. The lowest BCUT2D eigenvalue weighted by atomic mass is 10.1. The predicted octanol–water partition coefficient (Wildman–Crippen LogP) is 1.81. The molecule has 0 bridgehead atoms. The van der Waals surface area contributed by atoms with Gasteiger partial charge in [-0.25, -0.2) is 13.1 Å². The van der Waals surface area contributed by atoms with E-state index in [1.54, 1.807) is 0 Å². The lowest BCUT2D eigenvalue weighted by molar-refractivity contribution is 0.127. The molecule has 1 aliphatic heterocycles. The van der Waals surface area contributed by atoms with Gasteiger partial charge < -0.3 is 9.72 Å². The molecule has 114 valence electrons. The van der Waals surface area contributed by atoms with E-state index in [4.69, 9.17) is 4.74 Å². The van der Waals surface area contributed by atoms with Crippen LogP contribution in [0.25, 0.3) is 10.9 Å². The van der Waals surface area contributed by atoms with E-state index < -0.39 is 10.0 Å². The molecular formula is C15H20N2O3S. The summed E-state index contributed by atoms with van der Waals surface area (Å²) in [5, 5.41) is 1.15. The molecule has 1 unspecified atom stereocenters. The van der Waals surface area contributed by atoms with Crippen molar-refractivity contribution in [2.24, 2.45) is 0 Å². The van der Waals surface area contributed by atoms with Gasteiger partial charge in [-0.2, -0.15) is 0 Å². The summed E-state index contributed by atoms with van der Waals surface area (Å²) >= 11 is 0. The molecule has 0 spiro atoms. The van der Waals surface area contributed by atoms with Crippen molar-refractivity contribution in [2.45, 2.75) is 25.4 Å². The third-order valence-electron chi connectivity index (χ3n) is 3.82. The van der Waals surface area contributed by atoms with Crippen LogP contribution < -0.4 is 4.72 Å². The Bertz CT molecular complexity index is 703. The van der Waals surface area contributed by atoms with Gasteiger partial charge in [-0.15, -0.1) is 0 Å². The fourth-order valence-electron chi connectivity index (χ4n) is 2.76. The standard InChI is InChI=1S/C15H20N2O3S/c18-21(19,11-13-4-3-9-20-13)17-8-7-12-10-16-15-6-2-1-5-14(12)15/h1-2,5-6,10,13,16-17H,3-4,7-9,11H2. The number of H-pyrrole nitrogens is 1. The summed E-state index contributed by atoms with van der Waals surface area (Å²) in [6.07, 6.45) is 4.27. The van der Waals surface area contributed by atoms with Gasteiger partial charge in [0.05, 0.1) is 11.9 Å². The van der Waals surface area contributed by atoms with Crippen molar-refractivity contribution in [1.82, 2.24) is 9.71 Å². The van der Waals surface area contributed by atoms with Crippen LogP contribution in [0.15, 0.2) is 30.5 Å². The first-order valence-electron chi connectivity index (χ1n) is 7.28. The minimum atomic E-state index is -3.26.